The van der Waals surface area contributed by atoms with E-state index in [1.165, 1.54) is 0 Å². The van der Waals surface area contributed by atoms with Crippen LogP contribution in [0, 0.1) is 0 Å². The Hall–Kier alpha value is -1.71. The molecule has 0 aliphatic carbocycles. The van der Waals surface area contributed by atoms with Gasteiger partial charge in [-0.1, -0.05) is 12.1 Å². The molecule has 7 nitrogen and oxygen atoms in total. The predicted octanol–water partition coefficient (Wildman–Crippen LogP) is 3.38. The summed E-state index contributed by atoms with van der Waals surface area (Å²) >= 11 is 0. The molecule has 0 aromatic heterocycles. The summed E-state index contributed by atoms with van der Waals surface area (Å²) in [6.45, 7) is 8.36. The number of halogens is 1. The molecular weight excluding hydrogens is 471 g/mol. The fourth-order valence-electron chi connectivity index (χ4n) is 2.95. The Morgan fingerprint density at radius 2 is 1.89 bits per heavy atom. The Labute approximate surface area is 185 Å². The van der Waals surface area contributed by atoms with Gasteiger partial charge in [0.1, 0.15) is 5.75 Å². The molecule has 1 saturated heterocycles. The van der Waals surface area contributed by atoms with Gasteiger partial charge in [0.2, 0.25) is 0 Å². The van der Waals surface area contributed by atoms with Crippen molar-refractivity contribution < 1.29 is 14.3 Å². The highest BCUT2D eigenvalue weighted by Gasteiger charge is 2.23. The molecule has 0 bridgehead atoms. The molecule has 2 N–H and O–H groups in total. The van der Waals surface area contributed by atoms with Crippen LogP contribution in [0.2, 0.25) is 0 Å². The average Bonchev–Trinajstić information content (AvgIpc) is 2.66. The second-order valence-electron chi connectivity index (χ2n) is 6.84. The summed E-state index contributed by atoms with van der Waals surface area (Å²) in [6.07, 6.45) is 1.71. The van der Waals surface area contributed by atoms with E-state index in [-0.39, 0.29) is 36.2 Å². The number of benzene rings is 1. The van der Waals surface area contributed by atoms with Crippen LogP contribution in [-0.2, 0) is 11.3 Å². The van der Waals surface area contributed by atoms with E-state index in [0.29, 0.717) is 32.3 Å². The highest BCUT2D eigenvalue weighted by Crippen LogP contribution is 2.14. The maximum atomic E-state index is 11.8. The predicted molar refractivity (Wildman–Crippen MR) is 123 cm³/mol. The second-order valence-corrected chi connectivity index (χ2v) is 6.84. The zero-order chi connectivity index (χ0) is 19.6. The smallest absolute Gasteiger partial charge is 0.409 e. The molecule has 1 aromatic carbocycles. The molecule has 0 saturated carbocycles. The van der Waals surface area contributed by atoms with Crippen LogP contribution in [0.5, 0.6) is 5.75 Å². The summed E-state index contributed by atoms with van der Waals surface area (Å²) in [5.74, 6) is 1.65. The number of nitrogens with one attached hydrogen (secondary N) is 2. The average molecular weight is 504 g/mol. The van der Waals surface area contributed by atoms with Gasteiger partial charge in [-0.05, 0) is 51.3 Å². The number of piperidine rings is 1. The van der Waals surface area contributed by atoms with Crippen LogP contribution in [0.15, 0.2) is 29.3 Å². The topological polar surface area (TPSA) is 75.2 Å². The molecule has 1 aliphatic rings. The highest BCUT2D eigenvalue weighted by molar-refractivity contribution is 14.0. The minimum Gasteiger partial charge on any atom is -0.491 e. The van der Waals surface area contributed by atoms with Crippen LogP contribution in [0.4, 0.5) is 4.79 Å². The van der Waals surface area contributed by atoms with Crippen molar-refractivity contribution in [2.75, 3.05) is 26.7 Å². The van der Waals surface area contributed by atoms with Crippen molar-refractivity contribution in [3.8, 4) is 5.75 Å². The van der Waals surface area contributed by atoms with Gasteiger partial charge in [-0.2, -0.15) is 0 Å². The molecule has 158 valence electrons. The highest BCUT2D eigenvalue weighted by atomic mass is 127. The first kappa shape index (κ1) is 24.3. The van der Waals surface area contributed by atoms with Crippen LogP contribution in [0.3, 0.4) is 0 Å². The third kappa shape index (κ3) is 8.12. The quantitative estimate of drug-likeness (QED) is 0.353. The number of hydrogen-bond donors (Lipinski definition) is 2. The maximum Gasteiger partial charge on any atom is 0.409 e. The number of rotatable bonds is 6. The molecule has 0 atom stereocenters. The van der Waals surface area contributed by atoms with Gasteiger partial charge < -0.3 is 25.0 Å². The summed E-state index contributed by atoms with van der Waals surface area (Å²) < 4.78 is 10.7. The van der Waals surface area contributed by atoms with E-state index in [4.69, 9.17) is 9.47 Å². The van der Waals surface area contributed by atoms with Crippen molar-refractivity contribution in [3.05, 3.63) is 29.8 Å². The van der Waals surface area contributed by atoms with Gasteiger partial charge >= 0.3 is 6.09 Å². The number of likely N-dealkylation sites (tertiary alicyclic amines) is 1. The van der Waals surface area contributed by atoms with Crippen LogP contribution in [0.25, 0.3) is 0 Å². The molecule has 1 aromatic rings. The molecule has 0 unspecified atom stereocenters. The first-order valence-electron chi connectivity index (χ1n) is 9.66. The minimum absolute atomic E-state index is 0. The van der Waals surface area contributed by atoms with Gasteiger partial charge in [0.15, 0.2) is 5.96 Å². The molecule has 1 amide bonds. The lowest BCUT2D eigenvalue weighted by molar-refractivity contribution is 0.0963. The maximum absolute atomic E-state index is 11.8. The number of amides is 1. The third-order valence-corrected chi connectivity index (χ3v) is 4.34. The molecule has 2 rings (SSSR count). The lowest BCUT2D eigenvalue weighted by Gasteiger charge is -2.32. The molecule has 1 heterocycles. The Bertz CT molecular complexity index is 614. The summed E-state index contributed by atoms with van der Waals surface area (Å²) in [5.41, 5.74) is 1.16. The Kier molecular flexibility index (Phi) is 11.0. The van der Waals surface area contributed by atoms with Gasteiger partial charge in [0.05, 0.1) is 12.7 Å². The van der Waals surface area contributed by atoms with Crippen LogP contribution in [-0.4, -0.2) is 55.8 Å². The van der Waals surface area contributed by atoms with E-state index in [0.717, 1.165) is 30.1 Å². The SMILES string of the molecule is CCOC(=O)N1CCC(NC(=NC)NCc2ccc(OC(C)C)cc2)CC1.I. The van der Waals surface area contributed by atoms with Crippen molar-refractivity contribution in [1.29, 1.82) is 0 Å². The Morgan fingerprint density at radius 3 is 2.43 bits per heavy atom. The Balaban J connectivity index is 0.00000392. The van der Waals surface area contributed by atoms with Crippen LogP contribution in [0.1, 0.15) is 39.2 Å². The fourth-order valence-corrected chi connectivity index (χ4v) is 2.95. The van der Waals surface area contributed by atoms with Gasteiger partial charge in [0.25, 0.3) is 0 Å². The lowest BCUT2D eigenvalue weighted by atomic mass is 10.1. The first-order valence-corrected chi connectivity index (χ1v) is 9.66. The van der Waals surface area contributed by atoms with Gasteiger partial charge in [-0.25, -0.2) is 4.79 Å². The molecule has 28 heavy (non-hydrogen) atoms. The van der Waals surface area contributed by atoms with Crippen molar-refractivity contribution in [3.63, 3.8) is 0 Å². The monoisotopic (exact) mass is 504 g/mol. The van der Waals surface area contributed by atoms with Gasteiger partial charge in [-0.15, -0.1) is 24.0 Å². The molecule has 0 spiro atoms. The van der Waals surface area contributed by atoms with Gasteiger partial charge in [0, 0.05) is 32.7 Å². The van der Waals surface area contributed by atoms with Crippen molar-refractivity contribution in [2.24, 2.45) is 4.99 Å². The van der Waals surface area contributed by atoms with E-state index in [9.17, 15) is 4.79 Å². The van der Waals surface area contributed by atoms with E-state index in [1.807, 2.05) is 32.9 Å². The van der Waals surface area contributed by atoms with Gasteiger partial charge in [-0.3, -0.25) is 4.99 Å². The number of carbonyl (C=O) groups is 1. The van der Waals surface area contributed by atoms with Crippen molar-refractivity contribution >= 4 is 36.0 Å². The van der Waals surface area contributed by atoms with Crippen molar-refractivity contribution in [1.82, 2.24) is 15.5 Å². The van der Waals surface area contributed by atoms with Crippen molar-refractivity contribution in [2.45, 2.75) is 52.3 Å². The molecular formula is C20H33IN4O3. The second kappa shape index (κ2) is 12.7. The summed E-state index contributed by atoms with van der Waals surface area (Å²) in [5, 5.41) is 6.78. The number of guanidine groups is 1. The Morgan fingerprint density at radius 1 is 1.25 bits per heavy atom. The zero-order valence-corrected chi connectivity index (χ0v) is 19.6. The lowest BCUT2D eigenvalue weighted by Crippen LogP contribution is -2.49. The van der Waals surface area contributed by atoms with E-state index < -0.39 is 0 Å². The van der Waals surface area contributed by atoms with Crippen LogP contribution >= 0.6 is 24.0 Å². The molecule has 1 aliphatic heterocycles. The summed E-state index contributed by atoms with van der Waals surface area (Å²) in [4.78, 5) is 17.8. The van der Waals surface area contributed by atoms with Crippen LogP contribution < -0.4 is 15.4 Å². The standard InChI is InChI=1S/C20H32N4O3.HI/c1-5-26-20(25)24-12-10-17(11-13-24)23-19(21-4)22-14-16-6-8-18(9-7-16)27-15(2)3;/h6-9,15,17H,5,10-14H2,1-4H3,(H2,21,22,23);1H. The summed E-state index contributed by atoms with van der Waals surface area (Å²) in [6, 6.07) is 8.37. The first-order chi connectivity index (χ1) is 13.0. The summed E-state index contributed by atoms with van der Waals surface area (Å²) in [7, 11) is 1.77. The number of carbonyl (C=O) groups excluding carboxylic acids is 1. The zero-order valence-electron chi connectivity index (χ0n) is 17.2. The molecule has 8 heteroatoms. The minimum atomic E-state index is -0.219. The van der Waals surface area contributed by atoms with E-state index >= 15 is 0 Å². The van der Waals surface area contributed by atoms with E-state index in [2.05, 4.69) is 27.8 Å². The number of aliphatic imine (C=N–C) groups is 1. The molecule has 0 radical (unpaired) electrons. The van der Waals surface area contributed by atoms with E-state index in [1.54, 1.807) is 11.9 Å². The number of hydrogen-bond acceptors (Lipinski definition) is 4. The third-order valence-electron chi connectivity index (χ3n) is 4.34. The fraction of sp³-hybridized carbons (Fsp3) is 0.600. The molecule has 1 fully saturated rings. The largest absolute Gasteiger partial charge is 0.491 e. The number of ether oxygens (including phenoxy) is 2. The normalized spacial score (nSPS) is 15.0. The number of nitrogens with zero attached hydrogens (tertiary/aromatic N) is 2.